The molecule has 0 aromatic carbocycles. The Hall–Kier alpha value is -0.370. The van der Waals surface area contributed by atoms with Crippen LogP contribution in [0, 0.1) is 0 Å². The van der Waals surface area contributed by atoms with Crippen LogP contribution in [0.25, 0.3) is 0 Å². The van der Waals surface area contributed by atoms with Gasteiger partial charge in [-0.05, 0) is 0 Å². The molecule has 0 aliphatic rings. The monoisotopic (exact) mass is 90.0 g/mol. The fourth-order valence-electron chi connectivity index (χ4n) is 0.138. The van der Waals surface area contributed by atoms with E-state index in [0.29, 0.717) is 0 Å². The summed E-state index contributed by atoms with van der Waals surface area (Å²) >= 11 is 0. The van der Waals surface area contributed by atoms with E-state index in [-0.39, 0.29) is 6.61 Å². The standard InChI is InChI=1S/C4H7FO/c5-3-1-2-4-6/h1-2,6H,3-4H2/b2-1+. The van der Waals surface area contributed by atoms with E-state index in [2.05, 4.69) is 0 Å². The number of rotatable bonds is 2. The summed E-state index contributed by atoms with van der Waals surface area (Å²) in [5, 5.41) is 7.94. The van der Waals surface area contributed by atoms with Gasteiger partial charge in [-0.1, -0.05) is 12.2 Å². The molecule has 2 heteroatoms. The molecule has 1 nitrogen and oxygen atoms in total. The van der Waals surface area contributed by atoms with Crippen LogP contribution in [0.5, 0.6) is 0 Å². The molecule has 0 aliphatic heterocycles. The summed E-state index contributed by atoms with van der Waals surface area (Å²) in [5.74, 6) is 0. The van der Waals surface area contributed by atoms with Crippen molar-refractivity contribution in [3.63, 3.8) is 0 Å². The second-order valence-electron chi connectivity index (χ2n) is 0.808. The van der Waals surface area contributed by atoms with Crippen molar-refractivity contribution in [2.24, 2.45) is 0 Å². The van der Waals surface area contributed by atoms with Crippen LogP contribution >= 0.6 is 0 Å². The fraction of sp³-hybridized carbons (Fsp3) is 0.500. The maximum atomic E-state index is 11.0. The zero-order valence-corrected chi connectivity index (χ0v) is 3.39. The van der Waals surface area contributed by atoms with Gasteiger partial charge in [-0.3, -0.25) is 0 Å². The van der Waals surface area contributed by atoms with E-state index in [1.807, 2.05) is 0 Å². The Morgan fingerprint density at radius 3 is 2.33 bits per heavy atom. The lowest BCUT2D eigenvalue weighted by atomic mass is 10.5. The third-order valence-electron chi connectivity index (χ3n) is 0.361. The summed E-state index contributed by atoms with van der Waals surface area (Å²) in [6.45, 7) is -0.551. The van der Waals surface area contributed by atoms with Crippen LogP contribution in [0.3, 0.4) is 0 Å². The molecule has 0 radical (unpaired) electrons. The largest absolute Gasteiger partial charge is 0.392 e. The van der Waals surface area contributed by atoms with Crippen molar-refractivity contribution in [1.82, 2.24) is 0 Å². The molecule has 0 spiro atoms. The van der Waals surface area contributed by atoms with Crippen molar-refractivity contribution in [2.75, 3.05) is 13.3 Å². The van der Waals surface area contributed by atoms with Gasteiger partial charge in [0.15, 0.2) is 0 Å². The van der Waals surface area contributed by atoms with Crippen LogP contribution in [0.4, 0.5) is 4.39 Å². The molecule has 6 heavy (non-hydrogen) atoms. The number of aliphatic hydroxyl groups excluding tert-OH is 1. The Kier molecular flexibility index (Phi) is 4.34. The minimum atomic E-state index is -0.486. The molecule has 0 atom stereocenters. The van der Waals surface area contributed by atoms with Crippen molar-refractivity contribution in [3.8, 4) is 0 Å². The lowest BCUT2D eigenvalue weighted by Gasteiger charge is -1.71. The van der Waals surface area contributed by atoms with Crippen LogP contribution in [0.2, 0.25) is 0 Å². The molecule has 0 unspecified atom stereocenters. The lowest BCUT2D eigenvalue weighted by Crippen LogP contribution is -1.70. The van der Waals surface area contributed by atoms with Crippen LogP contribution < -0.4 is 0 Å². The number of alkyl halides is 1. The molecular formula is C4H7FO. The molecule has 0 fully saturated rings. The molecule has 0 saturated heterocycles. The van der Waals surface area contributed by atoms with Crippen LogP contribution in [-0.2, 0) is 0 Å². The molecule has 0 aromatic rings. The second kappa shape index (κ2) is 4.63. The first-order chi connectivity index (χ1) is 2.91. The predicted octanol–water partition coefficient (Wildman–Crippen LogP) is 0.504. The molecule has 0 amide bonds. The lowest BCUT2D eigenvalue weighted by molar-refractivity contribution is 0.342. The van der Waals surface area contributed by atoms with Gasteiger partial charge in [0.05, 0.1) is 6.61 Å². The molecule has 0 heterocycles. The molecule has 0 aliphatic carbocycles. The fourth-order valence-corrected chi connectivity index (χ4v) is 0.138. The van der Waals surface area contributed by atoms with Gasteiger partial charge in [0.25, 0.3) is 0 Å². The van der Waals surface area contributed by atoms with Crippen LogP contribution in [-0.4, -0.2) is 18.4 Å². The predicted molar refractivity (Wildman–Crippen MR) is 22.2 cm³/mol. The third kappa shape index (κ3) is 3.63. The Morgan fingerprint density at radius 1 is 1.50 bits per heavy atom. The first-order valence-corrected chi connectivity index (χ1v) is 1.73. The Bertz CT molecular complexity index is 36.8. The normalized spacial score (nSPS) is 10.3. The number of halogens is 1. The molecular weight excluding hydrogens is 83.0 g/mol. The van der Waals surface area contributed by atoms with Crippen molar-refractivity contribution < 1.29 is 9.50 Å². The highest BCUT2D eigenvalue weighted by Gasteiger charge is 1.63. The molecule has 0 bridgehead atoms. The van der Waals surface area contributed by atoms with Crippen LogP contribution in [0.1, 0.15) is 0 Å². The number of hydrogen-bond donors (Lipinski definition) is 1. The van der Waals surface area contributed by atoms with Crippen molar-refractivity contribution in [2.45, 2.75) is 0 Å². The summed E-state index contributed by atoms with van der Waals surface area (Å²) in [6, 6.07) is 0. The van der Waals surface area contributed by atoms with E-state index in [4.69, 9.17) is 5.11 Å². The van der Waals surface area contributed by atoms with E-state index >= 15 is 0 Å². The zero-order valence-electron chi connectivity index (χ0n) is 3.39. The number of aliphatic hydroxyl groups is 1. The summed E-state index contributed by atoms with van der Waals surface area (Å²) in [5.41, 5.74) is 0. The molecule has 1 N–H and O–H groups in total. The molecule has 0 saturated carbocycles. The van der Waals surface area contributed by atoms with Gasteiger partial charge in [-0.15, -0.1) is 0 Å². The minimum absolute atomic E-state index is 0.0656. The van der Waals surface area contributed by atoms with E-state index in [0.717, 1.165) is 0 Å². The van der Waals surface area contributed by atoms with Gasteiger partial charge < -0.3 is 5.11 Å². The highest BCUT2D eigenvalue weighted by atomic mass is 19.1. The van der Waals surface area contributed by atoms with E-state index in [1.165, 1.54) is 12.2 Å². The Balaban J connectivity index is 2.73. The number of hydrogen-bond acceptors (Lipinski definition) is 1. The summed E-state index contributed by atoms with van der Waals surface area (Å²) in [7, 11) is 0. The van der Waals surface area contributed by atoms with Crippen molar-refractivity contribution in [3.05, 3.63) is 12.2 Å². The van der Waals surface area contributed by atoms with Crippen molar-refractivity contribution >= 4 is 0 Å². The first-order valence-electron chi connectivity index (χ1n) is 1.73. The van der Waals surface area contributed by atoms with Crippen LogP contribution in [0.15, 0.2) is 12.2 Å². The first kappa shape index (κ1) is 5.63. The highest BCUT2D eigenvalue weighted by Crippen LogP contribution is 1.69. The molecule has 0 aromatic heterocycles. The van der Waals surface area contributed by atoms with Gasteiger partial charge in [0.2, 0.25) is 0 Å². The maximum absolute atomic E-state index is 11.0. The highest BCUT2D eigenvalue weighted by molar-refractivity contribution is 4.79. The summed E-state index contributed by atoms with van der Waals surface area (Å²) in [6.07, 6.45) is 2.62. The maximum Gasteiger partial charge on any atom is 0.108 e. The van der Waals surface area contributed by atoms with Gasteiger partial charge in [-0.2, -0.15) is 0 Å². The van der Waals surface area contributed by atoms with Crippen molar-refractivity contribution in [1.29, 1.82) is 0 Å². The van der Waals surface area contributed by atoms with E-state index < -0.39 is 6.67 Å². The minimum Gasteiger partial charge on any atom is -0.392 e. The SMILES string of the molecule is OC/C=C/CF. The summed E-state index contributed by atoms with van der Waals surface area (Å²) in [4.78, 5) is 0. The Morgan fingerprint density at radius 2 is 2.17 bits per heavy atom. The topological polar surface area (TPSA) is 20.2 Å². The Labute approximate surface area is 36.1 Å². The van der Waals surface area contributed by atoms with Gasteiger partial charge in [-0.25, -0.2) is 4.39 Å². The van der Waals surface area contributed by atoms with Gasteiger partial charge in [0.1, 0.15) is 6.67 Å². The number of allylic oxidation sites excluding steroid dienone is 1. The third-order valence-corrected chi connectivity index (χ3v) is 0.361. The van der Waals surface area contributed by atoms with Gasteiger partial charge in [0, 0.05) is 0 Å². The second-order valence-corrected chi connectivity index (χ2v) is 0.808. The van der Waals surface area contributed by atoms with E-state index in [9.17, 15) is 4.39 Å². The summed E-state index contributed by atoms with van der Waals surface area (Å²) < 4.78 is 11.0. The van der Waals surface area contributed by atoms with E-state index in [1.54, 1.807) is 0 Å². The zero-order chi connectivity index (χ0) is 4.83. The molecule has 36 valence electrons. The average molecular weight is 90.1 g/mol. The quantitative estimate of drug-likeness (QED) is 0.489. The average Bonchev–Trinajstić information content (AvgIpc) is 1.61. The molecule has 0 rings (SSSR count). The smallest absolute Gasteiger partial charge is 0.108 e. The van der Waals surface area contributed by atoms with Gasteiger partial charge >= 0.3 is 0 Å².